The van der Waals surface area contributed by atoms with Gasteiger partial charge < -0.3 is 19.3 Å². The van der Waals surface area contributed by atoms with Crippen molar-refractivity contribution in [1.82, 2.24) is 15.1 Å². The highest BCUT2D eigenvalue weighted by Gasteiger charge is 2.43. The molecule has 0 amide bonds. The summed E-state index contributed by atoms with van der Waals surface area (Å²) in [5.74, 6) is 0.953. The zero-order valence-electron chi connectivity index (χ0n) is 20.1. The maximum atomic E-state index is 11.5. The number of hydrogen-bond acceptors (Lipinski definition) is 7. The van der Waals surface area contributed by atoms with Crippen molar-refractivity contribution in [2.75, 3.05) is 4.90 Å². The number of carboxylic acid groups (broad SMARTS) is 1. The lowest BCUT2D eigenvalue weighted by Gasteiger charge is -2.39. The number of anilines is 1. The molecule has 1 aromatic carbocycles. The molecular weight excluding hydrogens is 444 g/mol. The molecular formula is C27H30N4O4. The first-order chi connectivity index (χ1) is 17.0. The van der Waals surface area contributed by atoms with Gasteiger partial charge in [0.15, 0.2) is 5.69 Å². The van der Waals surface area contributed by atoms with Crippen molar-refractivity contribution in [2.45, 2.75) is 83.1 Å². The predicted octanol–water partition coefficient (Wildman–Crippen LogP) is 5.04. The lowest BCUT2D eigenvalue weighted by atomic mass is 9.99. The molecule has 0 spiro atoms. The highest BCUT2D eigenvalue weighted by Crippen LogP contribution is 2.45. The number of aromatic nitrogens is 3. The standard InChI is InChI=1S/C27H30N4O4/c1-15-5-3-4-6-21(15)24-22(25(35-30-24)17-7-8-17)14-34-20-12-18-9-10-19(13-20)31(18)27-28-16(2)11-23(29-27)26(32)33/h3-6,11,17-20H,7-10,12-14H2,1-2H3,(H,32,33)/t18-,19+,20?. The van der Waals surface area contributed by atoms with E-state index in [0.29, 0.717) is 24.2 Å². The Morgan fingerprint density at radius 2 is 1.86 bits per heavy atom. The lowest BCUT2D eigenvalue weighted by molar-refractivity contribution is 0.0144. The first kappa shape index (κ1) is 22.2. The average Bonchev–Trinajstić information content (AvgIpc) is 3.54. The van der Waals surface area contributed by atoms with E-state index in [1.807, 2.05) is 19.1 Å². The zero-order valence-corrected chi connectivity index (χ0v) is 20.1. The summed E-state index contributed by atoms with van der Waals surface area (Å²) in [6.07, 6.45) is 6.25. The molecule has 1 aliphatic carbocycles. The number of ether oxygens (including phenoxy) is 1. The van der Waals surface area contributed by atoms with E-state index in [1.165, 1.54) is 11.6 Å². The van der Waals surface area contributed by atoms with E-state index < -0.39 is 5.97 Å². The number of carbonyl (C=O) groups is 1. The van der Waals surface area contributed by atoms with Crippen molar-refractivity contribution in [3.8, 4) is 11.3 Å². The molecule has 1 unspecified atom stereocenters. The van der Waals surface area contributed by atoms with Crippen LogP contribution in [0.15, 0.2) is 34.9 Å². The smallest absolute Gasteiger partial charge is 0.354 e. The summed E-state index contributed by atoms with van der Waals surface area (Å²) < 4.78 is 12.4. The second-order valence-electron chi connectivity index (χ2n) is 10.2. The number of aromatic carboxylic acids is 1. The minimum absolute atomic E-state index is 0.0501. The minimum Gasteiger partial charge on any atom is -0.477 e. The van der Waals surface area contributed by atoms with E-state index in [0.717, 1.165) is 61.1 Å². The normalized spacial score (nSPS) is 23.6. The van der Waals surface area contributed by atoms with Gasteiger partial charge in [-0.15, -0.1) is 0 Å². The Morgan fingerprint density at radius 1 is 1.11 bits per heavy atom. The van der Waals surface area contributed by atoms with E-state index in [2.05, 4.69) is 39.1 Å². The number of rotatable bonds is 7. The molecule has 4 heterocycles. The van der Waals surface area contributed by atoms with Crippen LogP contribution < -0.4 is 4.90 Å². The van der Waals surface area contributed by atoms with Crippen LogP contribution >= 0.6 is 0 Å². The van der Waals surface area contributed by atoms with Crippen molar-refractivity contribution >= 4 is 11.9 Å². The number of nitrogens with zero attached hydrogens (tertiary/aromatic N) is 4. The fourth-order valence-electron chi connectivity index (χ4n) is 5.75. The minimum atomic E-state index is -1.02. The van der Waals surface area contributed by atoms with Crippen LogP contribution in [-0.4, -0.2) is 44.4 Å². The molecule has 2 aromatic heterocycles. The molecule has 3 fully saturated rings. The van der Waals surface area contributed by atoms with Crippen LogP contribution in [0.3, 0.4) is 0 Å². The van der Waals surface area contributed by atoms with Gasteiger partial charge in [0.1, 0.15) is 11.5 Å². The highest BCUT2D eigenvalue weighted by atomic mass is 16.5. The van der Waals surface area contributed by atoms with Crippen LogP contribution in [0, 0.1) is 13.8 Å². The van der Waals surface area contributed by atoms with Gasteiger partial charge in [-0.3, -0.25) is 0 Å². The van der Waals surface area contributed by atoms with Gasteiger partial charge in [0, 0.05) is 34.8 Å². The topological polar surface area (TPSA) is 102 Å². The molecule has 1 N–H and O–H groups in total. The van der Waals surface area contributed by atoms with Gasteiger partial charge in [-0.25, -0.2) is 14.8 Å². The molecule has 8 nitrogen and oxygen atoms in total. The number of hydrogen-bond donors (Lipinski definition) is 1. The zero-order chi connectivity index (χ0) is 24.1. The van der Waals surface area contributed by atoms with Gasteiger partial charge in [-0.05, 0) is 64.0 Å². The summed E-state index contributed by atoms with van der Waals surface area (Å²) >= 11 is 0. The van der Waals surface area contributed by atoms with Gasteiger partial charge in [-0.1, -0.05) is 29.4 Å². The van der Waals surface area contributed by atoms with Crippen LogP contribution in [0.1, 0.15) is 77.5 Å². The molecule has 2 bridgehead atoms. The Labute approximate surface area is 204 Å². The molecule has 2 saturated heterocycles. The van der Waals surface area contributed by atoms with Gasteiger partial charge in [0.05, 0.1) is 12.7 Å². The quantitative estimate of drug-likeness (QED) is 0.508. The van der Waals surface area contributed by atoms with Gasteiger partial charge in [0.2, 0.25) is 5.95 Å². The second-order valence-corrected chi connectivity index (χ2v) is 10.2. The summed E-state index contributed by atoms with van der Waals surface area (Å²) in [5.41, 5.74) is 4.99. The summed E-state index contributed by atoms with van der Waals surface area (Å²) in [7, 11) is 0. The van der Waals surface area contributed by atoms with Crippen molar-refractivity contribution in [2.24, 2.45) is 0 Å². The van der Waals surface area contributed by atoms with E-state index in [9.17, 15) is 9.90 Å². The fourth-order valence-corrected chi connectivity index (χ4v) is 5.75. The van der Waals surface area contributed by atoms with Crippen molar-refractivity contribution in [1.29, 1.82) is 0 Å². The Morgan fingerprint density at radius 3 is 2.54 bits per heavy atom. The van der Waals surface area contributed by atoms with Crippen molar-refractivity contribution in [3.63, 3.8) is 0 Å². The third-order valence-electron chi connectivity index (χ3n) is 7.61. The number of fused-ring (bicyclic) bond motifs is 2. The van der Waals surface area contributed by atoms with Crippen LogP contribution in [0.25, 0.3) is 11.3 Å². The Hall–Kier alpha value is -3.26. The summed E-state index contributed by atoms with van der Waals surface area (Å²) in [5, 5.41) is 13.9. The van der Waals surface area contributed by atoms with E-state index in [-0.39, 0.29) is 23.9 Å². The van der Waals surface area contributed by atoms with Gasteiger partial charge in [0.25, 0.3) is 0 Å². The predicted molar refractivity (Wildman–Crippen MR) is 129 cm³/mol. The molecule has 35 heavy (non-hydrogen) atoms. The van der Waals surface area contributed by atoms with Gasteiger partial charge in [-0.2, -0.15) is 0 Å². The SMILES string of the molecule is Cc1cc(C(=O)O)nc(N2[C@@H]3CC[C@H]2CC(OCc2c(-c4ccccc4C)noc2C2CC2)C3)n1. The molecule has 3 aromatic rings. The average molecular weight is 475 g/mol. The van der Waals surface area contributed by atoms with E-state index in [4.69, 9.17) is 9.26 Å². The van der Waals surface area contributed by atoms with Crippen molar-refractivity contribution in [3.05, 3.63) is 58.6 Å². The molecule has 1 saturated carbocycles. The Bertz CT molecular complexity index is 1250. The molecule has 6 rings (SSSR count). The summed E-state index contributed by atoms with van der Waals surface area (Å²) in [6.45, 7) is 4.41. The number of aryl methyl sites for hydroxylation is 2. The number of piperidine rings is 1. The summed E-state index contributed by atoms with van der Waals surface area (Å²) in [6, 6.07) is 10.3. The molecule has 0 radical (unpaired) electrons. The van der Waals surface area contributed by atoms with E-state index in [1.54, 1.807) is 0 Å². The molecule has 3 atom stereocenters. The Kier molecular flexibility index (Phi) is 5.56. The third kappa shape index (κ3) is 4.20. The number of carboxylic acids is 1. The molecule has 182 valence electrons. The fraction of sp³-hybridized carbons (Fsp3) is 0.481. The largest absolute Gasteiger partial charge is 0.477 e. The van der Waals surface area contributed by atoms with Crippen LogP contribution in [0.5, 0.6) is 0 Å². The third-order valence-corrected chi connectivity index (χ3v) is 7.61. The lowest BCUT2D eigenvalue weighted by Crippen LogP contribution is -2.46. The van der Waals surface area contributed by atoms with Gasteiger partial charge >= 0.3 is 5.97 Å². The monoisotopic (exact) mass is 474 g/mol. The van der Waals surface area contributed by atoms with Crippen LogP contribution in [-0.2, 0) is 11.3 Å². The summed E-state index contributed by atoms with van der Waals surface area (Å²) in [4.78, 5) is 22.7. The molecule has 2 aliphatic heterocycles. The maximum absolute atomic E-state index is 11.5. The van der Waals surface area contributed by atoms with Crippen LogP contribution in [0.4, 0.5) is 5.95 Å². The van der Waals surface area contributed by atoms with E-state index >= 15 is 0 Å². The number of benzene rings is 1. The first-order valence-corrected chi connectivity index (χ1v) is 12.5. The molecule has 3 aliphatic rings. The second kappa shape index (κ2) is 8.75. The maximum Gasteiger partial charge on any atom is 0.354 e. The first-order valence-electron chi connectivity index (χ1n) is 12.5. The van der Waals surface area contributed by atoms with Crippen molar-refractivity contribution < 1.29 is 19.2 Å². The highest BCUT2D eigenvalue weighted by molar-refractivity contribution is 5.85. The van der Waals surface area contributed by atoms with Crippen LogP contribution in [0.2, 0.25) is 0 Å². The Balaban J connectivity index is 1.20. The molecule has 8 heteroatoms.